The maximum Gasteiger partial charge on any atom is 0.433 e. The van der Waals surface area contributed by atoms with Crippen LogP contribution >= 0.6 is 11.6 Å². The van der Waals surface area contributed by atoms with E-state index >= 15 is 0 Å². The Hall–Kier alpha value is -1.63. The van der Waals surface area contributed by atoms with Gasteiger partial charge in [0.25, 0.3) is 0 Å². The zero-order chi connectivity index (χ0) is 15.1. The molecule has 0 radical (unpaired) electrons. The van der Waals surface area contributed by atoms with Gasteiger partial charge in [0.05, 0.1) is 11.9 Å². The maximum absolute atomic E-state index is 12.5. The van der Waals surface area contributed by atoms with Gasteiger partial charge in [-0.25, -0.2) is 4.98 Å². The van der Waals surface area contributed by atoms with E-state index in [2.05, 4.69) is 15.2 Å². The number of aromatic nitrogens is 4. The molecule has 2 aromatic heterocycles. The molecule has 0 saturated carbocycles. The van der Waals surface area contributed by atoms with Crippen LogP contribution in [0, 0.1) is 0 Å². The molecule has 0 fully saturated rings. The first-order chi connectivity index (χ1) is 9.10. The zero-order valence-corrected chi connectivity index (χ0v) is 11.8. The van der Waals surface area contributed by atoms with Crippen LogP contribution in [0.3, 0.4) is 0 Å². The van der Waals surface area contributed by atoms with E-state index in [1.165, 1.54) is 10.6 Å². The Bertz CT molecular complexity index is 611. The van der Waals surface area contributed by atoms with Crippen molar-refractivity contribution in [1.82, 2.24) is 19.7 Å². The molecule has 0 aliphatic rings. The first-order valence-electron chi connectivity index (χ1n) is 5.76. The van der Waals surface area contributed by atoms with E-state index in [0.29, 0.717) is 11.5 Å². The van der Waals surface area contributed by atoms with E-state index in [1.54, 1.807) is 0 Å². The van der Waals surface area contributed by atoms with Gasteiger partial charge in [-0.2, -0.15) is 13.2 Å². The Kier molecular flexibility index (Phi) is 3.49. The van der Waals surface area contributed by atoms with Gasteiger partial charge in [0.15, 0.2) is 0 Å². The van der Waals surface area contributed by atoms with E-state index in [4.69, 9.17) is 11.6 Å². The van der Waals surface area contributed by atoms with Gasteiger partial charge in [0.1, 0.15) is 11.5 Å². The molecule has 108 valence electrons. The molecule has 0 amide bonds. The monoisotopic (exact) mass is 304 g/mol. The van der Waals surface area contributed by atoms with E-state index < -0.39 is 11.9 Å². The molecule has 2 heterocycles. The number of nitrogens with zero attached hydrogens (tertiary/aromatic N) is 4. The lowest BCUT2D eigenvalue weighted by molar-refractivity contribution is -0.141. The fraction of sp³-hybridized carbons (Fsp3) is 0.417. The van der Waals surface area contributed by atoms with Crippen LogP contribution in [0.1, 0.15) is 32.3 Å². The summed E-state index contributed by atoms with van der Waals surface area (Å²) in [6.45, 7) is 5.71. The molecule has 4 nitrogen and oxygen atoms in total. The normalized spacial score (nSPS) is 12.8. The molecule has 0 aliphatic carbocycles. The highest BCUT2D eigenvalue weighted by molar-refractivity contribution is 6.28. The zero-order valence-electron chi connectivity index (χ0n) is 11.0. The SMILES string of the molecule is CC(C)(C)c1nnc(Cl)n1-c1ccc(C(F)(F)F)nc1. The average molecular weight is 305 g/mol. The standard InChI is InChI=1S/C12H12ClF3N4/c1-11(2,3)9-18-19-10(13)20(9)7-4-5-8(17-6-7)12(14,15)16/h4-6H,1-3H3. The fourth-order valence-electron chi connectivity index (χ4n) is 1.67. The second-order valence-corrected chi connectivity index (χ2v) is 5.62. The lowest BCUT2D eigenvalue weighted by Crippen LogP contribution is -2.18. The van der Waals surface area contributed by atoms with Crippen LogP contribution in [0.2, 0.25) is 5.28 Å². The van der Waals surface area contributed by atoms with Gasteiger partial charge < -0.3 is 0 Å². The van der Waals surface area contributed by atoms with E-state index in [0.717, 1.165) is 12.3 Å². The number of alkyl halides is 3. The Labute approximate surface area is 118 Å². The van der Waals surface area contributed by atoms with Crippen LogP contribution in [0.25, 0.3) is 5.69 Å². The lowest BCUT2D eigenvalue weighted by Gasteiger charge is -2.19. The van der Waals surface area contributed by atoms with Crippen LogP contribution < -0.4 is 0 Å². The molecule has 2 aromatic rings. The summed E-state index contributed by atoms with van der Waals surface area (Å²) in [6, 6.07) is 2.19. The van der Waals surface area contributed by atoms with Crippen LogP contribution in [-0.4, -0.2) is 19.7 Å². The van der Waals surface area contributed by atoms with Crippen LogP contribution in [0.15, 0.2) is 18.3 Å². The van der Waals surface area contributed by atoms with Gasteiger partial charge in [-0.3, -0.25) is 4.57 Å². The number of hydrogen-bond acceptors (Lipinski definition) is 3. The summed E-state index contributed by atoms with van der Waals surface area (Å²) >= 11 is 5.95. The molecule has 0 aliphatic heterocycles. The molecule has 2 rings (SSSR count). The van der Waals surface area contributed by atoms with E-state index in [9.17, 15) is 13.2 Å². The third-order valence-electron chi connectivity index (χ3n) is 2.59. The van der Waals surface area contributed by atoms with Crippen LogP contribution in [0.4, 0.5) is 13.2 Å². The molecule has 0 bridgehead atoms. The van der Waals surface area contributed by atoms with E-state index in [-0.39, 0.29) is 10.7 Å². The van der Waals surface area contributed by atoms with Crippen molar-refractivity contribution in [2.45, 2.75) is 32.4 Å². The molecular weight excluding hydrogens is 293 g/mol. The summed E-state index contributed by atoms with van der Waals surface area (Å²) < 4.78 is 39.0. The highest BCUT2D eigenvalue weighted by Gasteiger charge is 2.32. The Balaban J connectivity index is 2.50. The molecule has 8 heteroatoms. The molecule has 0 aromatic carbocycles. The second kappa shape index (κ2) is 4.73. The van der Waals surface area contributed by atoms with Crippen molar-refractivity contribution in [2.24, 2.45) is 0 Å². The van der Waals surface area contributed by atoms with Crippen molar-refractivity contribution in [1.29, 1.82) is 0 Å². The first kappa shape index (κ1) is 14.8. The largest absolute Gasteiger partial charge is 0.433 e. The van der Waals surface area contributed by atoms with Crippen molar-refractivity contribution >= 4 is 11.6 Å². The van der Waals surface area contributed by atoms with Gasteiger partial charge in [-0.1, -0.05) is 20.8 Å². The van der Waals surface area contributed by atoms with E-state index in [1.807, 2.05) is 20.8 Å². The van der Waals surface area contributed by atoms with Gasteiger partial charge in [-0.15, -0.1) is 10.2 Å². The van der Waals surface area contributed by atoms with Crippen molar-refractivity contribution in [3.05, 3.63) is 35.1 Å². The number of hydrogen-bond donors (Lipinski definition) is 0. The predicted octanol–water partition coefficient (Wildman–Crippen LogP) is 3.63. The topological polar surface area (TPSA) is 43.6 Å². The quantitative estimate of drug-likeness (QED) is 0.808. The number of pyridine rings is 1. The maximum atomic E-state index is 12.5. The molecule has 0 atom stereocenters. The third kappa shape index (κ3) is 2.77. The minimum absolute atomic E-state index is 0.0801. The Morgan fingerprint density at radius 3 is 2.20 bits per heavy atom. The van der Waals surface area contributed by atoms with Crippen molar-refractivity contribution < 1.29 is 13.2 Å². The highest BCUT2D eigenvalue weighted by Crippen LogP contribution is 2.30. The summed E-state index contributed by atoms with van der Waals surface area (Å²) in [6.07, 6.45) is -3.37. The van der Waals surface area contributed by atoms with Crippen LogP contribution in [0.5, 0.6) is 0 Å². The fourth-order valence-corrected chi connectivity index (χ4v) is 1.88. The minimum atomic E-state index is -4.47. The summed E-state index contributed by atoms with van der Waals surface area (Å²) in [7, 11) is 0. The smallest absolute Gasteiger partial charge is 0.268 e. The van der Waals surface area contributed by atoms with Gasteiger partial charge in [0.2, 0.25) is 5.28 Å². The Morgan fingerprint density at radius 1 is 1.10 bits per heavy atom. The van der Waals surface area contributed by atoms with Crippen molar-refractivity contribution in [3.8, 4) is 5.69 Å². The Morgan fingerprint density at radius 2 is 1.75 bits per heavy atom. The van der Waals surface area contributed by atoms with Gasteiger partial charge in [0, 0.05) is 5.41 Å². The summed E-state index contributed by atoms with van der Waals surface area (Å²) in [5.74, 6) is 0.545. The first-order valence-corrected chi connectivity index (χ1v) is 6.13. The number of halogens is 4. The molecule has 0 unspecified atom stereocenters. The molecule has 0 N–H and O–H groups in total. The molecular formula is C12H12ClF3N4. The predicted molar refractivity (Wildman–Crippen MR) is 67.9 cm³/mol. The van der Waals surface area contributed by atoms with Crippen molar-refractivity contribution in [3.63, 3.8) is 0 Å². The molecule has 0 saturated heterocycles. The highest BCUT2D eigenvalue weighted by atomic mass is 35.5. The average Bonchev–Trinajstić information content (AvgIpc) is 2.70. The van der Waals surface area contributed by atoms with Crippen LogP contribution in [-0.2, 0) is 11.6 Å². The summed E-state index contributed by atoms with van der Waals surface area (Å²) in [4.78, 5) is 3.41. The summed E-state index contributed by atoms with van der Waals surface area (Å²) in [5.41, 5.74) is -0.927. The second-order valence-electron chi connectivity index (χ2n) is 5.28. The van der Waals surface area contributed by atoms with Crippen molar-refractivity contribution in [2.75, 3.05) is 0 Å². The minimum Gasteiger partial charge on any atom is -0.268 e. The third-order valence-corrected chi connectivity index (χ3v) is 2.84. The van der Waals surface area contributed by atoms with Gasteiger partial charge in [-0.05, 0) is 23.7 Å². The molecule has 0 spiro atoms. The molecule has 20 heavy (non-hydrogen) atoms. The summed E-state index contributed by atoms with van der Waals surface area (Å²) in [5, 5.41) is 7.80. The number of rotatable bonds is 1. The lowest BCUT2D eigenvalue weighted by atomic mass is 9.95. The van der Waals surface area contributed by atoms with Gasteiger partial charge >= 0.3 is 6.18 Å².